The van der Waals surface area contributed by atoms with E-state index >= 15 is 4.39 Å². The van der Waals surface area contributed by atoms with Crippen LogP contribution in [0.1, 0.15) is 117 Å². The van der Waals surface area contributed by atoms with E-state index in [0.717, 1.165) is 32.6 Å². The lowest BCUT2D eigenvalue weighted by Gasteiger charge is -2.44. The molecule has 2 aliphatic heterocycles. The van der Waals surface area contributed by atoms with Crippen molar-refractivity contribution in [1.29, 1.82) is 0 Å². The second-order valence-corrected chi connectivity index (χ2v) is 19.6. The van der Waals surface area contributed by atoms with Crippen molar-refractivity contribution in [2.75, 3.05) is 18.9 Å². The molecule has 2 aliphatic rings. The van der Waals surface area contributed by atoms with Crippen LogP contribution < -0.4 is 5.73 Å². The normalized spacial score (nSPS) is 28.5. The summed E-state index contributed by atoms with van der Waals surface area (Å²) in [5.74, 6) is -2.65. The Bertz CT molecular complexity index is 1780. The number of ether oxygens (including phenoxy) is 4. The quantitative estimate of drug-likeness (QED) is 0.0528. The largest absolute Gasteiger partial charge is 0.481 e. The molecule has 4 rings (SSSR count). The number of rotatable bonds is 24. The molecular formula is C36H60FN5O14P2S. The van der Waals surface area contributed by atoms with E-state index in [0.29, 0.717) is 11.9 Å². The number of aliphatic hydroxyl groups is 2. The molecule has 0 amide bonds. The van der Waals surface area contributed by atoms with E-state index in [-0.39, 0.29) is 23.4 Å². The number of anilines is 1. The summed E-state index contributed by atoms with van der Waals surface area (Å²) in [4.78, 5) is 54.0. The number of aryl methyl sites for hydroxylation is 1. The summed E-state index contributed by atoms with van der Waals surface area (Å²) < 4.78 is 67.6. The first-order chi connectivity index (χ1) is 27.9. The van der Waals surface area contributed by atoms with E-state index in [9.17, 15) is 34.2 Å². The van der Waals surface area contributed by atoms with Gasteiger partial charge in [-0.1, -0.05) is 85.0 Å². The molecular weight excluding hydrogens is 839 g/mol. The van der Waals surface area contributed by atoms with Gasteiger partial charge < -0.3 is 49.2 Å². The zero-order valence-corrected chi connectivity index (χ0v) is 36.8. The van der Waals surface area contributed by atoms with E-state index in [1.807, 2.05) is 0 Å². The standard InChI is InChI=1S/C36H60FN5O14P2S/c1-6-7-8-9-10-11-12-13-14-15-16-17-26(44)50-18-24(37)32-21(2)22(3)33(52-23(4)43)36(54-32)55-57(47,48)56-58(49,59)51-19-25-30(45)31(46)34(53-25)28-27-29(42(5)41-28)35(38)40-20-39-27/h20-22,24-25,30-34,36,45-46H,6-19H2,1-5H3,(H,47,48)(H,49,59)(H2,38,39,40)/t21-,22?,24-,25+,30-,31?,32?,33+,34-,36-,58?/m0/s1. The number of alkyl halides is 1. The summed E-state index contributed by atoms with van der Waals surface area (Å²) in [6.45, 7) is 0.383. The highest BCUT2D eigenvalue weighted by molar-refractivity contribution is 8.08. The number of fused-ring (bicyclic) bond motifs is 1. The van der Waals surface area contributed by atoms with Crippen molar-refractivity contribution < 1.29 is 70.8 Å². The van der Waals surface area contributed by atoms with Gasteiger partial charge in [0.05, 0.1) is 12.7 Å². The summed E-state index contributed by atoms with van der Waals surface area (Å²) in [5, 5.41) is 25.8. The summed E-state index contributed by atoms with van der Waals surface area (Å²) in [7, 11) is -3.88. The first-order valence-corrected chi connectivity index (χ1v) is 24.2. The zero-order valence-electron chi connectivity index (χ0n) is 34.2. The van der Waals surface area contributed by atoms with Crippen LogP contribution in [0.25, 0.3) is 11.0 Å². The van der Waals surface area contributed by atoms with Crippen LogP contribution in [0.3, 0.4) is 0 Å². The molecule has 0 spiro atoms. The number of unbranched alkanes of at least 4 members (excludes halogenated alkanes) is 10. The maximum atomic E-state index is 15.7. The Hall–Kier alpha value is -2.26. The van der Waals surface area contributed by atoms with Crippen LogP contribution in [0.4, 0.5) is 10.2 Å². The van der Waals surface area contributed by atoms with Gasteiger partial charge in [-0.3, -0.25) is 18.8 Å². The maximum absolute atomic E-state index is 15.7. The van der Waals surface area contributed by atoms with Crippen LogP contribution in [-0.4, -0.2) is 108 Å². The minimum absolute atomic E-state index is 0.116. The molecule has 5 unspecified atom stereocenters. The van der Waals surface area contributed by atoms with Crippen molar-refractivity contribution in [2.45, 2.75) is 154 Å². The highest BCUT2D eigenvalue weighted by Crippen LogP contribution is 2.62. The van der Waals surface area contributed by atoms with Gasteiger partial charge in [0.15, 0.2) is 18.1 Å². The molecule has 0 aromatic carbocycles. The van der Waals surface area contributed by atoms with Crippen LogP contribution in [0, 0.1) is 11.8 Å². The third kappa shape index (κ3) is 14.1. The molecule has 0 aliphatic carbocycles. The van der Waals surface area contributed by atoms with E-state index < -0.39 is 101 Å². The SMILES string of the molecule is CCCCCCCCCCCCCC(=O)OC[C@H](F)C1O[C@@H](OP(=O)(O)OP(O)(=S)OC[C@H]2O[C@@H](c3nn(C)c4c(N)ncnc34)C(O)[C@H]2O)[C@H](OC(C)=O)C(C)[C@@H]1C. The topological polar surface area (TPSA) is 266 Å². The number of nitrogen functional groups attached to an aromatic ring is 1. The van der Waals surface area contributed by atoms with Crippen LogP contribution in [0.2, 0.25) is 0 Å². The van der Waals surface area contributed by atoms with Gasteiger partial charge in [-0.25, -0.2) is 23.2 Å². The summed E-state index contributed by atoms with van der Waals surface area (Å²) >= 11 is 4.94. The van der Waals surface area contributed by atoms with Crippen molar-refractivity contribution in [3.63, 3.8) is 0 Å². The van der Waals surface area contributed by atoms with Crippen LogP contribution >= 0.6 is 14.5 Å². The van der Waals surface area contributed by atoms with E-state index in [1.54, 1.807) is 20.9 Å². The molecule has 0 bridgehead atoms. The van der Waals surface area contributed by atoms with Crippen molar-refractivity contribution in [1.82, 2.24) is 19.7 Å². The summed E-state index contributed by atoms with van der Waals surface area (Å²) in [6.07, 6.45) is 1.28. The predicted octanol–water partition coefficient (Wildman–Crippen LogP) is 4.99. The Kier molecular flexibility index (Phi) is 19.0. The van der Waals surface area contributed by atoms with Gasteiger partial charge >= 0.3 is 26.5 Å². The summed E-state index contributed by atoms with van der Waals surface area (Å²) in [6, 6.07) is 0. The van der Waals surface area contributed by atoms with Gasteiger partial charge in [0.25, 0.3) is 0 Å². The average Bonchev–Trinajstić information content (AvgIpc) is 3.65. The monoisotopic (exact) mass is 899 g/mol. The average molecular weight is 900 g/mol. The van der Waals surface area contributed by atoms with E-state index in [2.05, 4.69) is 22.0 Å². The fourth-order valence-corrected chi connectivity index (χ4v) is 10.4. The number of hydrogen-bond acceptors (Lipinski definition) is 17. The molecule has 59 heavy (non-hydrogen) atoms. The molecule has 0 saturated carbocycles. The number of phosphoric ester groups is 1. The minimum Gasteiger partial charge on any atom is -0.462 e. The number of aromatic nitrogens is 4. The number of carbonyl (C=O) groups excluding carboxylic acids is 2. The first-order valence-electron chi connectivity index (χ1n) is 20.1. The fraction of sp³-hybridized carbons (Fsp3) is 0.806. The number of halogens is 1. The van der Waals surface area contributed by atoms with Gasteiger partial charge in [-0.2, -0.15) is 5.10 Å². The Balaban J connectivity index is 1.29. The predicted molar refractivity (Wildman–Crippen MR) is 214 cm³/mol. The lowest BCUT2D eigenvalue weighted by molar-refractivity contribution is -0.262. The minimum atomic E-state index is -5.45. The van der Waals surface area contributed by atoms with Gasteiger partial charge in [0.2, 0.25) is 6.29 Å². The Morgan fingerprint density at radius 1 is 1.00 bits per heavy atom. The summed E-state index contributed by atoms with van der Waals surface area (Å²) in [5.41, 5.74) is 6.67. The molecule has 0 radical (unpaired) electrons. The van der Waals surface area contributed by atoms with Crippen LogP contribution in [-0.2, 0) is 65.3 Å². The van der Waals surface area contributed by atoms with Crippen LogP contribution in [0.15, 0.2) is 6.33 Å². The molecule has 336 valence electrons. The first kappa shape index (κ1) is 49.4. The fourth-order valence-electron chi connectivity index (χ4n) is 7.26. The maximum Gasteiger partial charge on any atom is 0.481 e. The molecule has 2 aromatic rings. The Morgan fingerprint density at radius 3 is 2.25 bits per heavy atom. The van der Waals surface area contributed by atoms with Crippen molar-refractivity contribution >= 4 is 55.1 Å². The lowest BCUT2D eigenvalue weighted by Crippen LogP contribution is -2.55. The van der Waals surface area contributed by atoms with Crippen LogP contribution in [0.5, 0.6) is 0 Å². The molecule has 4 heterocycles. The molecule has 19 nitrogen and oxygen atoms in total. The Morgan fingerprint density at radius 2 is 1.63 bits per heavy atom. The van der Waals surface area contributed by atoms with E-state index in [1.165, 1.54) is 49.5 Å². The molecule has 2 fully saturated rings. The highest BCUT2D eigenvalue weighted by Gasteiger charge is 2.51. The van der Waals surface area contributed by atoms with Gasteiger partial charge in [0.1, 0.15) is 54.1 Å². The zero-order chi connectivity index (χ0) is 43.5. The third-order valence-electron chi connectivity index (χ3n) is 10.6. The molecule has 6 N–H and O–H groups in total. The van der Waals surface area contributed by atoms with Gasteiger partial charge in [-0.05, 0) is 24.1 Å². The number of carbonyl (C=O) groups is 2. The van der Waals surface area contributed by atoms with E-state index in [4.69, 9.17) is 49.8 Å². The van der Waals surface area contributed by atoms with Crippen molar-refractivity contribution in [3.05, 3.63) is 12.0 Å². The number of esters is 2. The smallest absolute Gasteiger partial charge is 0.462 e. The molecule has 23 heteroatoms. The molecule has 12 atom stereocenters. The second kappa shape index (κ2) is 22.7. The number of nitrogens with zero attached hydrogens (tertiary/aromatic N) is 4. The van der Waals surface area contributed by atoms with Crippen molar-refractivity contribution in [2.24, 2.45) is 18.9 Å². The third-order valence-corrected chi connectivity index (χ3v) is 14.1. The highest BCUT2D eigenvalue weighted by atomic mass is 32.5. The van der Waals surface area contributed by atoms with Gasteiger partial charge in [-0.15, -0.1) is 0 Å². The number of phosphoric acid groups is 1. The number of nitrogens with two attached hydrogens (primary N) is 1. The number of aliphatic hydroxyl groups excluding tert-OH is 2. The Labute approximate surface area is 348 Å². The molecule has 2 saturated heterocycles. The number of hydrogen-bond donors (Lipinski definition) is 5. The lowest BCUT2D eigenvalue weighted by atomic mass is 9.82. The second-order valence-electron chi connectivity index (χ2n) is 15.2. The molecule has 2 aromatic heterocycles. The van der Waals surface area contributed by atoms with Gasteiger partial charge in [0, 0.05) is 26.3 Å². The van der Waals surface area contributed by atoms with Crippen molar-refractivity contribution in [3.8, 4) is 0 Å².